The average molecular weight is 496 g/mol. The molecule has 1 heterocycles. The highest BCUT2D eigenvalue weighted by atomic mass is 32.2. The molecule has 0 atom stereocenters. The Morgan fingerprint density at radius 1 is 0.969 bits per heavy atom. The van der Waals surface area contributed by atoms with E-state index in [0.29, 0.717) is 0 Å². The van der Waals surface area contributed by atoms with E-state index < -0.39 is 30.0 Å². The lowest BCUT2D eigenvalue weighted by Gasteiger charge is -2.10. The number of thioether (sulfide) groups is 1. The SMILES string of the molecule is N#CCSc1nc(N)c(/N=N/c2ccc3c(S(=O)(=O)O)cccc3c2S(=O)(=O)O)c(N)n1. The van der Waals surface area contributed by atoms with E-state index >= 15 is 0 Å². The monoisotopic (exact) mass is 495 g/mol. The van der Waals surface area contributed by atoms with Crippen LogP contribution < -0.4 is 11.5 Å². The van der Waals surface area contributed by atoms with Crippen molar-refractivity contribution in [2.24, 2.45) is 10.2 Å². The van der Waals surface area contributed by atoms with E-state index in [0.717, 1.165) is 23.9 Å². The van der Waals surface area contributed by atoms with Crippen LogP contribution in [0.2, 0.25) is 0 Å². The molecule has 0 unspecified atom stereocenters. The molecule has 0 saturated heterocycles. The molecule has 0 aliphatic carbocycles. The van der Waals surface area contributed by atoms with Crippen LogP contribution in [-0.4, -0.2) is 41.7 Å². The third-order valence-electron chi connectivity index (χ3n) is 3.93. The average Bonchev–Trinajstić information content (AvgIpc) is 2.69. The number of anilines is 2. The normalized spacial score (nSPS) is 12.3. The highest BCUT2D eigenvalue weighted by Crippen LogP contribution is 2.37. The van der Waals surface area contributed by atoms with Gasteiger partial charge in [-0.2, -0.15) is 22.1 Å². The molecule has 0 bridgehead atoms. The number of aromatic nitrogens is 2. The van der Waals surface area contributed by atoms with Crippen LogP contribution in [0.1, 0.15) is 0 Å². The number of nitrogens with zero attached hydrogens (tertiary/aromatic N) is 5. The summed E-state index contributed by atoms with van der Waals surface area (Å²) in [5.41, 5.74) is 11.0. The van der Waals surface area contributed by atoms with Crippen molar-refractivity contribution in [1.82, 2.24) is 9.97 Å². The first kappa shape index (κ1) is 23.3. The highest BCUT2D eigenvalue weighted by molar-refractivity contribution is 7.99. The predicted octanol–water partition coefficient (Wildman–Crippen LogP) is 2.32. The van der Waals surface area contributed by atoms with Crippen molar-refractivity contribution in [1.29, 1.82) is 5.26 Å². The van der Waals surface area contributed by atoms with Crippen molar-refractivity contribution in [3.63, 3.8) is 0 Å². The van der Waals surface area contributed by atoms with Gasteiger partial charge in [-0.3, -0.25) is 9.11 Å². The van der Waals surface area contributed by atoms with Gasteiger partial charge in [0.1, 0.15) is 15.5 Å². The largest absolute Gasteiger partial charge is 0.382 e. The number of nitriles is 1. The summed E-state index contributed by atoms with van der Waals surface area (Å²) in [5.74, 6) is -0.325. The summed E-state index contributed by atoms with van der Waals surface area (Å²) < 4.78 is 66.5. The lowest BCUT2D eigenvalue weighted by molar-refractivity contribution is 0.481. The van der Waals surface area contributed by atoms with E-state index in [4.69, 9.17) is 16.7 Å². The number of fused-ring (bicyclic) bond motifs is 1. The van der Waals surface area contributed by atoms with Gasteiger partial charge < -0.3 is 11.5 Å². The molecule has 0 radical (unpaired) electrons. The smallest absolute Gasteiger partial charge is 0.297 e. The van der Waals surface area contributed by atoms with Crippen LogP contribution >= 0.6 is 11.8 Å². The zero-order valence-corrected chi connectivity index (χ0v) is 18.2. The molecular formula is C16H13N7O6S3. The first-order chi connectivity index (χ1) is 14.9. The van der Waals surface area contributed by atoms with Crippen molar-refractivity contribution >= 4 is 65.8 Å². The first-order valence-corrected chi connectivity index (χ1v) is 12.1. The minimum Gasteiger partial charge on any atom is -0.382 e. The van der Waals surface area contributed by atoms with Crippen molar-refractivity contribution < 1.29 is 25.9 Å². The Morgan fingerprint density at radius 3 is 2.19 bits per heavy atom. The molecule has 2 aromatic carbocycles. The summed E-state index contributed by atoms with van der Waals surface area (Å²) in [5, 5.41) is 15.9. The van der Waals surface area contributed by atoms with Gasteiger partial charge in [0.05, 0.1) is 11.8 Å². The lowest BCUT2D eigenvalue weighted by atomic mass is 10.1. The molecule has 1 aromatic heterocycles. The predicted molar refractivity (Wildman–Crippen MR) is 115 cm³/mol. The van der Waals surface area contributed by atoms with Crippen molar-refractivity contribution in [2.45, 2.75) is 14.9 Å². The van der Waals surface area contributed by atoms with E-state index in [9.17, 15) is 25.9 Å². The van der Waals surface area contributed by atoms with Crippen molar-refractivity contribution in [3.8, 4) is 6.07 Å². The second kappa shape index (κ2) is 8.64. The van der Waals surface area contributed by atoms with Gasteiger partial charge in [0.15, 0.2) is 22.5 Å². The zero-order valence-electron chi connectivity index (χ0n) is 15.7. The second-order valence-electron chi connectivity index (χ2n) is 5.99. The molecule has 3 rings (SSSR count). The Balaban J connectivity index is 2.19. The van der Waals surface area contributed by atoms with Crippen LogP contribution in [0.25, 0.3) is 10.8 Å². The quantitative estimate of drug-likeness (QED) is 0.167. The number of hydrogen-bond donors (Lipinski definition) is 4. The standard InChI is InChI=1S/C16H13N7O6S3/c17-6-7-30-16-20-14(18)12(15(19)21-16)23-22-10-5-4-8-9(13(10)32(27,28)29)2-1-3-11(8)31(24,25)26/h1-5H,7H2,(H,24,25,26)(H,27,28,29)(H4,18,19,20,21)/b23-22+. The molecule has 0 aliphatic rings. The van der Waals surface area contributed by atoms with Gasteiger partial charge >= 0.3 is 0 Å². The summed E-state index contributed by atoms with van der Waals surface area (Å²) in [4.78, 5) is 6.55. The van der Waals surface area contributed by atoms with E-state index in [1.165, 1.54) is 18.2 Å². The maximum Gasteiger partial charge on any atom is 0.297 e. The fraction of sp³-hybridized carbons (Fsp3) is 0.0625. The third-order valence-corrected chi connectivity index (χ3v) is 6.50. The van der Waals surface area contributed by atoms with Crippen LogP contribution in [0, 0.1) is 11.3 Å². The Bertz CT molecular complexity index is 1490. The van der Waals surface area contributed by atoms with Gasteiger partial charge in [0.2, 0.25) is 0 Å². The van der Waals surface area contributed by atoms with Crippen LogP contribution in [0.4, 0.5) is 23.0 Å². The Hall–Kier alpha value is -3.36. The maximum absolute atomic E-state index is 12.1. The van der Waals surface area contributed by atoms with Crippen LogP contribution in [0.3, 0.4) is 0 Å². The molecule has 32 heavy (non-hydrogen) atoms. The summed E-state index contributed by atoms with van der Waals surface area (Å²) in [7, 11) is -9.61. The Morgan fingerprint density at radius 2 is 1.62 bits per heavy atom. The minimum absolute atomic E-state index is 0.0557. The summed E-state index contributed by atoms with van der Waals surface area (Å²) in [6.07, 6.45) is 0. The first-order valence-electron chi connectivity index (χ1n) is 8.28. The van der Waals surface area contributed by atoms with Gasteiger partial charge in [0.25, 0.3) is 20.2 Å². The van der Waals surface area contributed by atoms with Crippen LogP contribution in [0.5, 0.6) is 0 Å². The van der Waals surface area contributed by atoms with Gasteiger partial charge in [-0.15, -0.1) is 10.2 Å². The number of benzene rings is 2. The molecule has 6 N–H and O–H groups in total. The second-order valence-corrected chi connectivity index (χ2v) is 9.68. The molecule has 0 amide bonds. The molecule has 3 aromatic rings. The number of azo groups is 1. The van der Waals surface area contributed by atoms with Crippen molar-refractivity contribution in [3.05, 3.63) is 30.3 Å². The zero-order chi connectivity index (χ0) is 23.7. The molecular weight excluding hydrogens is 482 g/mol. The summed E-state index contributed by atoms with van der Waals surface area (Å²) >= 11 is 0.985. The van der Waals surface area contributed by atoms with Gasteiger partial charge in [-0.1, -0.05) is 30.0 Å². The number of nitrogens with two attached hydrogens (primary N) is 2. The Labute approximate surface area is 185 Å². The molecule has 0 aliphatic heterocycles. The van der Waals surface area contributed by atoms with Gasteiger partial charge in [0, 0.05) is 10.8 Å². The molecule has 0 spiro atoms. The molecule has 166 valence electrons. The van der Waals surface area contributed by atoms with E-state index in [2.05, 4.69) is 20.2 Å². The maximum atomic E-state index is 12.1. The van der Waals surface area contributed by atoms with E-state index in [-0.39, 0.29) is 44.7 Å². The summed E-state index contributed by atoms with van der Waals surface area (Å²) in [6, 6.07) is 7.63. The van der Waals surface area contributed by atoms with E-state index in [1.54, 1.807) is 0 Å². The van der Waals surface area contributed by atoms with E-state index in [1.807, 2.05) is 6.07 Å². The number of nitrogen functional groups attached to an aromatic ring is 2. The fourth-order valence-corrected chi connectivity index (χ4v) is 4.76. The highest BCUT2D eigenvalue weighted by Gasteiger charge is 2.23. The number of hydrogen-bond acceptors (Lipinski definition) is 12. The third kappa shape index (κ3) is 4.76. The van der Waals surface area contributed by atoms with Gasteiger partial charge in [-0.25, -0.2) is 9.97 Å². The van der Waals surface area contributed by atoms with Crippen molar-refractivity contribution in [2.75, 3.05) is 17.2 Å². The molecule has 13 nitrogen and oxygen atoms in total. The van der Waals surface area contributed by atoms with Gasteiger partial charge in [-0.05, 0) is 12.1 Å². The summed E-state index contributed by atoms with van der Waals surface area (Å²) in [6.45, 7) is 0. The number of rotatable bonds is 6. The Kier molecular flexibility index (Phi) is 6.29. The topological polar surface area (TPSA) is 235 Å². The molecule has 0 saturated carbocycles. The minimum atomic E-state index is -4.92. The van der Waals surface area contributed by atoms with Crippen LogP contribution in [-0.2, 0) is 20.2 Å². The fourth-order valence-electron chi connectivity index (χ4n) is 2.70. The molecule has 0 fully saturated rings. The lowest BCUT2D eigenvalue weighted by Crippen LogP contribution is -2.03. The molecule has 16 heteroatoms. The van der Waals surface area contributed by atoms with Crippen LogP contribution in [0.15, 0.2) is 55.5 Å².